The van der Waals surface area contributed by atoms with Crippen molar-refractivity contribution in [3.05, 3.63) is 27.7 Å². The van der Waals surface area contributed by atoms with Crippen LogP contribution in [0.15, 0.2) is 10.9 Å². The van der Waals surface area contributed by atoms with Crippen LogP contribution >= 0.6 is 0 Å². The molecule has 0 bridgehead atoms. The third-order valence-corrected chi connectivity index (χ3v) is 4.43. The van der Waals surface area contributed by atoms with E-state index in [9.17, 15) is 14.7 Å². The number of nitrogens with zero attached hydrogens (tertiary/aromatic N) is 2. The van der Waals surface area contributed by atoms with Crippen LogP contribution in [0.5, 0.6) is 0 Å². The third-order valence-electron chi connectivity index (χ3n) is 4.43. The number of rotatable bonds is 6. The summed E-state index contributed by atoms with van der Waals surface area (Å²) >= 11 is 0. The number of aromatic nitrogens is 3. The molecule has 2 aromatic heterocycles. The Labute approximate surface area is 140 Å². The number of aromatic amines is 1. The van der Waals surface area contributed by atoms with Crippen molar-refractivity contribution in [3.63, 3.8) is 0 Å². The molecular formula is C17H24N4O3. The fraction of sp³-hybridized carbons (Fsp3) is 0.588. The van der Waals surface area contributed by atoms with Crippen LogP contribution < -0.4 is 10.9 Å². The lowest BCUT2D eigenvalue weighted by Crippen LogP contribution is -2.30. The average molecular weight is 332 g/mol. The van der Waals surface area contributed by atoms with E-state index in [-0.39, 0.29) is 17.4 Å². The van der Waals surface area contributed by atoms with Gasteiger partial charge in [-0.2, -0.15) is 0 Å². The van der Waals surface area contributed by atoms with E-state index in [1.165, 1.54) is 0 Å². The van der Waals surface area contributed by atoms with Crippen molar-refractivity contribution < 1.29 is 9.90 Å². The number of nitrogens with one attached hydrogen (secondary N) is 2. The molecule has 7 heteroatoms. The van der Waals surface area contributed by atoms with Gasteiger partial charge in [0, 0.05) is 25.2 Å². The summed E-state index contributed by atoms with van der Waals surface area (Å²) in [5.41, 5.74) is 1.48. The van der Waals surface area contributed by atoms with Crippen molar-refractivity contribution in [2.45, 2.75) is 45.1 Å². The first kappa shape index (κ1) is 16.7. The van der Waals surface area contributed by atoms with Gasteiger partial charge in [-0.1, -0.05) is 6.92 Å². The van der Waals surface area contributed by atoms with Gasteiger partial charge in [0.05, 0.1) is 17.1 Å². The fourth-order valence-corrected chi connectivity index (χ4v) is 3.07. The lowest BCUT2D eigenvalue weighted by atomic mass is 10.0. The van der Waals surface area contributed by atoms with Crippen molar-refractivity contribution in [1.82, 2.24) is 20.1 Å². The highest BCUT2D eigenvalue weighted by Gasteiger charge is 2.28. The van der Waals surface area contributed by atoms with Crippen molar-refractivity contribution in [2.75, 3.05) is 6.54 Å². The molecule has 0 aliphatic heterocycles. The summed E-state index contributed by atoms with van der Waals surface area (Å²) < 4.78 is 1.57. The minimum atomic E-state index is -0.400. The van der Waals surface area contributed by atoms with Gasteiger partial charge in [-0.05, 0) is 38.2 Å². The molecule has 1 aliphatic rings. The zero-order valence-corrected chi connectivity index (χ0v) is 14.3. The van der Waals surface area contributed by atoms with E-state index in [1.54, 1.807) is 24.7 Å². The van der Waals surface area contributed by atoms with Gasteiger partial charge in [0.25, 0.3) is 11.5 Å². The van der Waals surface area contributed by atoms with Gasteiger partial charge >= 0.3 is 0 Å². The summed E-state index contributed by atoms with van der Waals surface area (Å²) in [4.78, 5) is 29.4. The topological polar surface area (TPSA) is 100 Å². The van der Waals surface area contributed by atoms with Gasteiger partial charge < -0.3 is 10.4 Å². The van der Waals surface area contributed by atoms with Crippen molar-refractivity contribution in [1.29, 1.82) is 0 Å². The zero-order valence-electron chi connectivity index (χ0n) is 14.3. The molecule has 3 N–H and O–H groups in total. The molecule has 1 amide bonds. The van der Waals surface area contributed by atoms with Crippen LogP contribution in [0.3, 0.4) is 0 Å². The molecule has 2 heterocycles. The number of aliphatic hydroxyl groups is 1. The first-order valence-corrected chi connectivity index (χ1v) is 8.42. The smallest absolute Gasteiger partial charge is 0.274 e. The van der Waals surface area contributed by atoms with E-state index >= 15 is 0 Å². The number of carbonyl (C=O) groups is 1. The Balaban J connectivity index is 1.89. The first-order chi connectivity index (χ1) is 11.4. The molecule has 0 radical (unpaired) electrons. The second-order valence-electron chi connectivity index (χ2n) is 6.97. The Bertz CT molecular complexity index is 817. The van der Waals surface area contributed by atoms with Crippen LogP contribution in [0.4, 0.5) is 0 Å². The number of hydrogen-bond donors (Lipinski definition) is 3. The quantitative estimate of drug-likeness (QED) is 0.742. The summed E-state index contributed by atoms with van der Waals surface area (Å²) in [5, 5.41) is 15.3. The van der Waals surface area contributed by atoms with Crippen LogP contribution in [-0.4, -0.2) is 38.4 Å². The molecule has 1 fully saturated rings. The molecular weight excluding hydrogens is 308 g/mol. The van der Waals surface area contributed by atoms with Crippen LogP contribution in [0.2, 0.25) is 0 Å². The van der Waals surface area contributed by atoms with Gasteiger partial charge in [0.1, 0.15) is 0 Å². The minimum absolute atomic E-state index is 0.156. The van der Waals surface area contributed by atoms with Gasteiger partial charge in [0.2, 0.25) is 0 Å². The van der Waals surface area contributed by atoms with Crippen molar-refractivity contribution in [3.8, 4) is 0 Å². The number of carbonyl (C=O) groups excluding carboxylic acids is 1. The summed E-state index contributed by atoms with van der Waals surface area (Å²) in [6.07, 6.45) is 2.36. The fourth-order valence-electron chi connectivity index (χ4n) is 3.07. The predicted octanol–water partition coefficient (Wildman–Crippen LogP) is 1.28. The molecule has 24 heavy (non-hydrogen) atoms. The number of fused-ring (bicyclic) bond motifs is 1. The Hall–Kier alpha value is -2.15. The Morgan fingerprint density at radius 3 is 2.83 bits per heavy atom. The molecule has 130 valence electrons. The molecule has 1 saturated carbocycles. The third kappa shape index (κ3) is 3.36. The van der Waals surface area contributed by atoms with E-state index in [0.717, 1.165) is 18.5 Å². The van der Waals surface area contributed by atoms with E-state index < -0.39 is 6.10 Å². The van der Waals surface area contributed by atoms with Gasteiger partial charge in [-0.3, -0.25) is 19.4 Å². The van der Waals surface area contributed by atoms with Crippen LogP contribution in [0.25, 0.3) is 11.0 Å². The van der Waals surface area contributed by atoms with Gasteiger partial charge in [-0.25, -0.2) is 4.98 Å². The van der Waals surface area contributed by atoms with E-state index in [1.807, 2.05) is 6.92 Å². The maximum absolute atomic E-state index is 12.6. The summed E-state index contributed by atoms with van der Waals surface area (Å²) in [6.45, 7) is 4.16. The highest BCUT2D eigenvalue weighted by molar-refractivity contribution is 6.05. The molecule has 2 unspecified atom stereocenters. The largest absolute Gasteiger partial charge is 0.393 e. The van der Waals surface area contributed by atoms with E-state index in [2.05, 4.69) is 15.4 Å². The molecule has 0 saturated heterocycles. The maximum atomic E-state index is 12.6. The SMILES string of the molecule is CC(O)CC(C)CNC(=O)c1cc(C2CC2)nc2c1c(=O)[nH]n2C. The monoisotopic (exact) mass is 332 g/mol. The molecule has 1 aliphatic carbocycles. The van der Waals surface area contributed by atoms with Gasteiger partial charge in [-0.15, -0.1) is 0 Å². The Morgan fingerprint density at radius 2 is 2.21 bits per heavy atom. The number of aliphatic hydroxyl groups excluding tert-OH is 1. The molecule has 3 rings (SSSR count). The number of H-pyrrole nitrogens is 1. The molecule has 7 nitrogen and oxygen atoms in total. The highest BCUT2D eigenvalue weighted by Crippen LogP contribution is 2.39. The predicted molar refractivity (Wildman–Crippen MR) is 91.1 cm³/mol. The second-order valence-corrected chi connectivity index (χ2v) is 6.97. The molecule has 0 aromatic carbocycles. The zero-order chi connectivity index (χ0) is 17.4. The second kappa shape index (κ2) is 6.39. The summed E-state index contributed by atoms with van der Waals surface area (Å²) in [7, 11) is 1.72. The summed E-state index contributed by atoms with van der Waals surface area (Å²) in [5.74, 6) is 0.279. The highest BCUT2D eigenvalue weighted by atomic mass is 16.3. The van der Waals surface area contributed by atoms with Crippen LogP contribution in [-0.2, 0) is 7.05 Å². The number of aryl methyl sites for hydroxylation is 1. The lowest BCUT2D eigenvalue weighted by molar-refractivity contribution is 0.0941. The number of amides is 1. The standard InChI is InChI=1S/C17H24N4O3/c1-9(6-10(2)22)8-18-16(23)12-7-13(11-4-5-11)19-15-14(12)17(24)20-21(15)3/h7,9-11,22H,4-6,8H2,1-3H3,(H,18,23)(H,20,24). The molecule has 2 aromatic rings. The van der Waals surface area contributed by atoms with Crippen molar-refractivity contribution in [2.24, 2.45) is 13.0 Å². The van der Waals surface area contributed by atoms with Gasteiger partial charge in [0.15, 0.2) is 5.65 Å². The number of pyridine rings is 1. The minimum Gasteiger partial charge on any atom is -0.393 e. The summed E-state index contributed by atoms with van der Waals surface area (Å²) in [6, 6.07) is 1.75. The average Bonchev–Trinajstić information content (AvgIpc) is 3.31. The maximum Gasteiger partial charge on any atom is 0.274 e. The van der Waals surface area contributed by atoms with Crippen molar-refractivity contribution >= 4 is 16.9 Å². The Kier molecular flexibility index (Phi) is 4.45. The van der Waals surface area contributed by atoms with Crippen LogP contribution in [0.1, 0.15) is 55.1 Å². The van der Waals surface area contributed by atoms with Crippen LogP contribution in [0, 0.1) is 5.92 Å². The normalized spacial score (nSPS) is 17.0. The number of hydrogen-bond acceptors (Lipinski definition) is 4. The molecule has 2 atom stereocenters. The first-order valence-electron chi connectivity index (χ1n) is 8.42. The molecule has 0 spiro atoms. The Morgan fingerprint density at radius 1 is 1.50 bits per heavy atom. The van der Waals surface area contributed by atoms with E-state index in [4.69, 9.17) is 0 Å². The lowest BCUT2D eigenvalue weighted by Gasteiger charge is -2.14. The van der Waals surface area contributed by atoms with E-state index in [0.29, 0.717) is 35.5 Å².